The van der Waals surface area contributed by atoms with Gasteiger partial charge in [-0.15, -0.1) is 0 Å². The van der Waals surface area contributed by atoms with Crippen LogP contribution in [0.2, 0.25) is 0 Å². The maximum Gasteiger partial charge on any atom is 0.173 e. The second kappa shape index (κ2) is 12.9. The van der Waals surface area contributed by atoms with E-state index in [9.17, 15) is 14.4 Å². The van der Waals surface area contributed by atoms with E-state index in [1.54, 1.807) is 12.1 Å². The van der Waals surface area contributed by atoms with Crippen LogP contribution in [-0.4, -0.2) is 29.6 Å². The molecule has 1 rings (SSSR count). The van der Waals surface area contributed by atoms with Crippen molar-refractivity contribution in [3.05, 3.63) is 35.6 Å². The Morgan fingerprint density at radius 2 is 1.44 bits per heavy atom. The van der Waals surface area contributed by atoms with E-state index in [-0.39, 0.29) is 11.6 Å². The second-order valence-corrected chi connectivity index (χ2v) is 11.5. The molecule has 0 bridgehead atoms. The summed E-state index contributed by atoms with van der Waals surface area (Å²) in [4.78, 5) is 13.0. The van der Waals surface area contributed by atoms with E-state index in [1.807, 2.05) is 0 Å². The van der Waals surface area contributed by atoms with Crippen molar-refractivity contribution in [2.45, 2.75) is 72.1 Å². The molecule has 0 atom stereocenters. The van der Waals surface area contributed by atoms with Crippen LogP contribution in [-0.2, 0) is 11.2 Å². The third-order valence-electron chi connectivity index (χ3n) is 5.22. The van der Waals surface area contributed by atoms with Crippen molar-refractivity contribution < 1.29 is 9.18 Å². The van der Waals surface area contributed by atoms with Crippen molar-refractivity contribution >= 4 is 18.0 Å². The van der Waals surface area contributed by atoms with Crippen molar-refractivity contribution in [3.8, 4) is 6.07 Å². The Labute approximate surface area is 165 Å². The van der Waals surface area contributed by atoms with Gasteiger partial charge in [-0.05, 0) is 61.9 Å². The molecule has 0 aliphatic carbocycles. The first-order chi connectivity index (χ1) is 13.0. The number of hydrogen-bond acceptors (Lipinski definition) is 2. The lowest BCUT2D eigenvalue weighted by atomic mass is 10.1. The molecule has 0 saturated heterocycles. The molecule has 0 aromatic heterocycles. The molecule has 1 aromatic rings. The number of ketones is 1. The summed E-state index contributed by atoms with van der Waals surface area (Å²) in [5, 5.41) is 10.5. The van der Waals surface area contributed by atoms with Gasteiger partial charge in [0.05, 0.1) is 5.29 Å². The summed E-state index contributed by atoms with van der Waals surface area (Å²) in [6.45, 7) is 4.84. The number of halogens is 1. The maximum absolute atomic E-state index is 13.1. The number of Topliss-reactive ketones (excluding diaryl/α,β-unsaturated/α-hetero) is 1. The molecule has 0 aliphatic rings. The Morgan fingerprint density at radius 1 is 0.963 bits per heavy atom. The number of benzene rings is 1. The summed E-state index contributed by atoms with van der Waals surface area (Å²) in [5.74, 6) is -0.239. The van der Waals surface area contributed by atoms with Crippen molar-refractivity contribution in [2.75, 3.05) is 18.5 Å². The lowest BCUT2D eigenvalue weighted by Crippen LogP contribution is -2.20. The van der Waals surface area contributed by atoms with E-state index in [4.69, 9.17) is 0 Å². The topological polar surface area (TPSA) is 40.9 Å². The fourth-order valence-electron chi connectivity index (χ4n) is 3.51. The van der Waals surface area contributed by atoms with Crippen LogP contribution in [0.4, 0.5) is 4.39 Å². The normalized spacial score (nSPS) is 11.2. The van der Waals surface area contributed by atoms with Crippen molar-refractivity contribution in [3.63, 3.8) is 0 Å². The molecule has 150 valence electrons. The van der Waals surface area contributed by atoms with E-state index in [0.29, 0.717) is 18.1 Å². The summed E-state index contributed by atoms with van der Waals surface area (Å²) in [5.41, 5.74) is 0.946. The number of nitriles is 1. The molecule has 0 N–H and O–H groups in total. The maximum atomic E-state index is 13.1. The number of nitrogens with zero attached hydrogens (tertiary/aromatic N) is 1. The van der Waals surface area contributed by atoms with Gasteiger partial charge in [-0.1, -0.05) is 59.1 Å². The number of carbonyl (C=O) groups excluding carboxylic acids is 1. The van der Waals surface area contributed by atoms with E-state index in [2.05, 4.69) is 26.8 Å². The molecular weight excluding hydrogens is 356 g/mol. The fraction of sp³-hybridized carbons (Fsp3) is 0.609. The molecule has 0 unspecified atom stereocenters. The number of aryl methyl sites for hydroxylation is 1. The Hall–Kier alpha value is -1.39. The molecule has 1 aromatic carbocycles. The average Bonchev–Trinajstić information content (AvgIpc) is 2.68. The second-order valence-electron chi connectivity index (χ2n) is 7.39. The minimum Gasteiger partial charge on any atom is -0.293 e. The Kier molecular flexibility index (Phi) is 11.3. The molecule has 0 spiro atoms. The molecule has 0 fully saturated rings. The zero-order valence-electron chi connectivity index (χ0n) is 17.3. The van der Waals surface area contributed by atoms with Gasteiger partial charge in [0.15, 0.2) is 5.78 Å². The number of rotatable bonds is 13. The monoisotopic (exact) mass is 391 g/mol. The lowest BCUT2D eigenvalue weighted by Gasteiger charge is -2.28. The highest BCUT2D eigenvalue weighted by Gasteiger charge is 2.26. The predicted octanol–water partition coefficient (Wildman–Crippen LogP) is 6.44. The summed E-state index contributed by atoms with van der Waals surface area (Å²) in [6, 6.07) is 8.67. The highest BCUT2D eigenvalue weighted by molar-refractivity contribution is 7.78. The molecular formula is C23H35FNOP. The summed E-state index contributed by atoms with van der Waals surface area (Å²) in [6.07, 6.45) is 10.6. The molecule has 4 heteroatoms. The molecule has 0 aliphatic heterocycles. The van der Waals surface area contributed by atoms with Gasteiger partial charge in [-0.3, -0.25) is 4.79 Å². The standard InChI is InChI=1S/C23H35FNOP/c1-4-7-16-27(17-8-5-2,18-9-6-3)23(19-25)22(26)15-12-20-10-13-21(24)14-11-20/h10-11,13-14H,4-9,12,15-18H2,1-3H3. The molecule has 27 heavy (non-hydrogen) atoms. The van der Waals surface area contributed by atoms with Crippen LogP contribution in [0.5, 0.6) is 0 Å². The van der Waals surface area contributed by atoms with Crippen molar-refractivity contribution in [2.24, 2.45) is 0 Å². The van der Waals surface area contributed by atoms with Gasteiger partial charge in [0.2, 0.25) is 0 Å². The first-order valence-corrected chi connectivity index (χ1v) is 12.8. The average molecular weight is 392 g/mol. The van der Waals surface area contributed by atoms with Crippen molar-refractivity contribution in [1.29, 1.82) is 5.26 Å². The minimum atomic E-state index is -1.70. The molecule has 0 heterocycles. The van der Waals surface area contributed by atoms with Crippen LogP contribution in [0.3, 0.4) is 0 Å². The highest BCUT2D eigenvalue weighted by atomic mass is 31.2. The Balaban J connectivity index is 3.13. The minimum absolute atomic E-state index is 0.0264. The van der Waals surface area contributed by atoms with E-state index in [1.165, 1.54) is 12.1 Å². The van der Waals surface area contributed by atoms with E-state index < -0.39 is 6.89 Å². The number of carbonyl (C=O) groups is 1. The quantitative estimate of drug-likeness (QED) is 0.363. The Morgan fingerprint density at radius 3 is 1.85 bits per heavy atom. The summed E-state index contributed by atoms with van der Waals surface area (Å²) < 4.78 is 13.1. The van der Waals surface area contributed by atoms with E-state index in [0.717, 1.165) is 62.6 Å². The van der Waals surface area contributed by atoms with Gasteiger partial charge >= 0.3 is 0 Å². The van der Waals surface area contributed by atoms with Gasteiger partial charge in [0.1, 0.15) is 11.9 Å². The zero-order chi connectivity index (χ0) is 20.1. The van der Waals surface area contributed by atoms with Gasteiger partial charge in [0, 0.05) is 6.42 Å². The third kappa shape index (κ3) is 7.63. The van der Waals surface area contributed by atoms with Crippen molar-refractivity contribution in [1.82, 2.24) is 0 Å². The largest absolute Gasteiger partial charge is 0.293 e. The van der Waals surface area contributed by atoms with Crippen LogP contribution >= 0.6 is 6.89 Å². The summed E-state index contributed by atoms with van der Waals surface area (Å²) >= 11 is 0. The van der Waals surface area contributed by atoms with E-state index >= 15 is 0 Å². The van der Waals surface area contributed by atoms with Gasteiger partial charge in [-0.2, -0.15) is 5.26 Å². The summed E-state index contributed by atoms with van der Waals surface area (Å²) in [7, 11) is 0. The first-order valence-electron chi connectivity index (χ1n) is 10.4. The SMILES string of the molecule is CCCCP(CCCC)(CCCC)=C(C#N)C(=O)CCc1ccc(F)cc1. The van der Waals surface area contributed by atoms with Gasteiger partial charge in [-0.25, -0.2) is 4.39 Å². The lowest BCUT2D eigenvalue weighted by molar-refractivity contribution is -0.112. The zero-order valence-corrected chi connectivity index (χ0v) is 18.2. The number of hydrogen-bond donors (Lipinski definition) is 0. The molecule has 0 amide bonds. The van der Waals surface area contributed by atoms with Crippen LogP contribution in [0.25, 0.3) is 0 Å². The van der Waals surface area contributed by atoms with Crippen LogP contribution in [0.1, 0.15) is 71.3 Å². The fourth-order valence-corrected chi connectivity index (χ4v) is 8.47. The number of unbranched alkanes of at least 4 members (excludes halogenated alkanes) is 3. The smallest absolute Gasteiger partial charge is 0.173 e. The first kappa shape index (κ1) is 23.6. The molecule has 0 radical (unpaired) electrons. The van der Waals surface area contributed by atoms with Gasteiger partial charge < -0.3 is 0 Å². The van der Waals surface area contributed by atoms with Crippen LogP contribution in [0, 0.1) is 17.1 Å². The van der Waals surface area contributed by atoms with Crippen LogP contribution < -0.4 is 0 Å². The third-order valence-corrected chi connectivity index (χ3v) is 10.0. The molecule has 2 nitrogen and oxygen atoms in total. The van der Waals surface area contributed by atoms with Crippen LogP contribution in [0.15, 0.2) is 24.3 Å². The highest BCUT2D eigenvalue weighted by Crippen LogP contribution is 2.52. The molecule has 0 saturated carbocycles. The van der Waals surface area contributed by atoms with Gasteiger partial charge in [0.25, 0.3) is 0 Å². The Bertz CT molecular complexity index is 644. The predicted molar refractivity (Wildman–Crippen MR) is 117 cm³/mol.